The maximum absolute atomic E-state index is 12.3. The smallest absolute Gasteiger partial charge is 0.241 e. The van der Waals surface area contributed by atoms with E-state index in [0.717, 1.165) is 24.8 Å². The van der Waals surface area contributed by atoms with Gasteiger partial charge >= 0.3 is 0 Å². The maximum Gasteiger partial charge on any atom is 0.241 e. The van der Waals surface area contributed by atoms with Gasteiger partial charge in [-0.2, -0.15) is 0 Å². The predicted molar refractivity (Wildman–Crippen MR) is 95.3 cm³/mol. The van der Waals surface area contributed by atoms with E-state index < -0.39 is 10.0 Å². The van der Waals surface area contributed by atoms with Crippen molar-refractivity contribution in [3.05, 3.63) is 41.0 Å². The highest BCUT2D eigenvalue weighted by atomic mass is 32.2. The molecule has 5 nitrogen and oxygen atoms in total. The van der Waals surface area contributed by atoms with Crippen molar-refractivity contribution in [2.24, 2.45) is 0 Å². The minimum atomic E-state index is -3.67. The normalized spacial score (nSPS) is 15.0. The summed E-state index contributed by atoms with van der Waals surface area (Å²) in [6.07, 6.45) is 7.79. The number of sulfonamides is 1. The molecule has 2 rings (SSSR count). The quantitative estimate of drug-likeness (QED) is 0.742. The fourth-order valence-corrected chi connectivity index (χ4v) is 4.10. The van der Waals surface area contributed by atoms with Gasteiger partial charge in [0.25, 0.3) is 0 Å². The second-order valence-corrected chi connectivity index (χ2v) is 8.04. The fraction of sp³-hybridized carbons (Fsp3) is 0.500. The zero-order valence-electron chi connectivity index (χ0n) is 14.4. The molecule has 0 saturated carbocycles. The summed E-state index contributed by atoms with van der Waals surface area (Å²) in [5.41, 5.74) is 3.06. The molecule has 0 spiro atoms. The number of nitrogens with one attached hydrogen (secondary N) is 2. The standard InChI is InChI=1S/C18H26N2O3S/c1-14-8-9-17(15(2)12-14)24(22,23)20-13-18(21)19-11-10-16-6-4-3-5-7-16/h6,8-9,12,20H,3-5,7,10-11,13H2,1-2H3,(H,19,21). The second-order valence-electron chi connectivity index (χ2n) is 6.30. The molecular formula is C18H26N2O3S. The first-order chi connectivity index (χ1) is 11.4. The Morgan fingerprint density at radius 1 is 1.21 bits per heavy atom. The van der Waals surface area contributed by atoms with Gasteiger partial charge in [0.2, 0.25) is 15.9 Å². The summed E-state index contributed by atoms with van der Waals surface area (Å²) in [7, 11) is -3.67. The molecule has 0 saturated heterocycles. The molecule has 1 aliphatic rings. The molecule has 0 heterocycles. The van der Waals surface area contributed by atoms with E-state index >= 15 is 0 Å². The van der Waals surface area contributed by atoms with Crippen LogP contribution >= 0.6 is 0 Å². The van der Waals surface area contributed by atoms with Crippen LogP contribution in [0, 0.1) is 13.8 Å². The molecule has 1 aliphatic carbocycles. The zero-order chi connectivity index (χ0) is 17.6. The van der Waals surface area contributed by atoms with Crippen molar-refractivity contribution in [3.63, 3.8) is 0 Å². The summed E-state index contributed by atoms with van der Waals surface area (Å²) in [4.78, 5) is 12.1. The molecule has 0 atom stereocenters. The number of rotatable bonds is 7. The summed E-state index contributed by atoms with van der Waals surface area (Å²) in [6, 6.07) is 5.13. The first-order valence-corrected chi connectivity index (χ1v) is 9.88. The minimum absolute atomic E-state index is 0.216. The van der Waals surface area contributed by atoms with Crippen LogP contribution in [-0.2, 0) is 14.8 Å². The average molecular weight is 350 g/mol. The monoisotopic (exact) mass is 350 g/mol. The summed E-state index contributed by atoms with van der Waals surface area (Å²) in [5.74, 6) is -0.306. The van der Waals surface area contributed by atoms with E-state index in [1.165, 1.54) is 18.4 Å². The van der Waals surface area contributed by atoms with Crippen LogP contribution in [0.15, 0.2) is 34.7 Å². The van der Waals surface area contributed by atoms with Crippen molar-refractivity contribution in [3.8, 4) is 0 Å². The fourth-order valence-electron chi connectivity index (χ4n) is 2.90. The van der Waals surface area contributed by atoms with Crippen molar-refractivity contribution < 1.29 is 13.2 Å². The third-order valence-electron chi connectivity index (χ3n) is 4.20. The predicted octanol–water partition coefficient (Wildman–Crippen LogP) is 2.59. The van der Waals surface area contributed by atoms with Crippen LogP contribution in [0.4, 0.5) is 0 Å². The molecule has 0 aromatic heterocycles. The molecule has 2 N–H and O–H groups in total. The third-order valence-corrected chi connectivity index (χ3v) is 5.76. The van der Waals surface area contributed by atoms with Crippen molar-refractivity contribution in [2.75, 3.05) is 13.1 Å². The lowest BCUT2D eigenvalue weighted by Crippen LogP contribution is -2.37. The third kappa shape index (κ3) is 5.46. The number of benzene rings is 1. The second kappa shape index (κ2) is 8.44. The van der Waals surface area contributed by atoms with Gasteiger partial charge in [0, 0.05) is 6.54 Å². The van der Waals surface area contributed by atoms with Crippen LogP contribution in [0.25, 0.3) is 0 Å². The number of carbonyl (C=O) groups excluding carboxylic acids is 1. The minimum Gasteiger partial charge on any atom is -0.355 e. The Morgan fingerprint density at radius 2 is 2.00 bits per heavy atom. The number of hydrogen-bond acceptors (Lipinski definition) is 3. The highest BCUT2D eigenvalue weighted by Gasteiger charge is 2.17. The molecule has 0 fully saturated rings. The number of carbonyl (C=O) groups is 1. The Kier molecular flexibility index (Phi) is 6.57. The maximum atomic E-state index is 12.3. The van der Waals surface area contributed by atoms with Gasteiger partial charge in [-0.3, -0.25) is 4.79 Å². The van der Waals surface area contributed by atoms with Crippen LogP contribution in [0.1, 0.15) is 43.2 Å². The Balaban J connectivity index is 1.80. The SMILES string of the molecule is Cc1ccc(S(=O)(=O)NCC(=O)NCCC2=CCCCC2)c(C)c1. The van der Waals surface area contributed by atoms with Gasteiger partial charge in [0.1, 0.15) is 0 Å². The van der Waals surface area contributed by atoms with Gasteiger partial charge < -0.3 is 5.32 Å². The summed E-state index contributed by atoms with van der Waals surface area (Å²) in [5, 5.41) is 2.77. The van der Waals surface area contributed by atoms with Crippen molar-refractivity contribution in [2.45, 2.75) is 50.8 Å². The van der Waals surface area contributed by atoms with Gasteiger partial charge in [-0.15, -0.1) is 0 Å². The lowest BCUT2D eigenvalue weighted by Gasteiger charge is -2.13. The van der Waals surface area contributed by atoms with E-state index in [-0.39, 0.29) is 17.3 Å². The molecule has 0 unspecified atom stereocenters. The van der Waals surface area contributed by atoms with Crippen LogP contribution in [0.5, 0.6) is 0 Å². The van der Waals surface area contributed by atoms with Crippen molar-refractivity contribution in [1.29, 1.82) is 0 Å². The Bertz CT molecular complexity index is 724. The van der Waals surface area contributed by atoms with E-state index in [2.05, 4.69) is 16.1 Å². The van der Waals surface area contributed by atoms with E-state index in [9.17, 15) is 13.2 Å². The van der Waals surface area contributed by atoms with Crippen LogP contribution in [0.2, 0.25) is 0 Å². The molecule has 0 bridgehead atoms. The highest BCUT2D eigenvalue weighted by molar-refractivity contribution is 7.89. The van der Waals surface area contributed by atoms with E-state index in [0.29, 0.717) is 12.1 Å². The summed E-state index contributed by atoms with van der Waals surface area (Å²) < 4.78 is 26.9. The van der Waals surface area contributed by atoms with Gasteiger partial charge in [-0.1, -0.05) is 29.3 Å². The molecule has 1 amide bonds. The molecule has 6 heteroatoms. The number of hydrogen-bond donors (Lipinski definition) is 2. The molecule has 1 aromatic carbocycles. The molecule has 132 valence electrons. The lowest BCUT2D eigenvalue weighted by molar-refractivity contribution is -0.119. The van der Waals surface area contributed by atoms with E-state index in [4.69, 9.17) is 0 Å². The van der Waals surface area contributed by atoms with E-state index in [1.807, 2.05) is 13.0 Å². The van der Waals surface area contributed by atoms with E-state index in [1.54, 1.807) is 19.1 Å². The average Bonchev–Trinajstić information content (AvgIpc) is 2.54. The molecule has 1 aromatic rings. The Hall–Kier alpha value is -1.66. The highest BCUT2D eigenvalue weighted by Crippen LogP contribution is 2.19. The number of allylic oxidation sites excluding steroid dienone is 1. The van der Waals surface area contributed by atoms with Gasteiger partial charge in [0.15, 0.2) is 0 Å². The first kappa shape index (κ1) is 18.7. The Labute approximate surface area is 144 Å². The first-order valence-electron chi connectivity index (χ1n) is 8.40. The lowest BCUT2D eigenvalue weighted by atomic mass is 9.97. The Morgan fingerprint density at radius 3 is 2.67 bits per heavy atom. The summed E-state index contributed by atoms with van der Waals surface area (Å²) >= 11 is 0. The largest absolute Gasteiger partial charge is 0.355 e. The molecule has 24 heavy (non-hydrogen) atoms. The van der Waals surface area contributed by atoms with Gasteiger partial charge in [-0.25, -0.2) is 13.1 Å². The molecule has 0 aliphatic heterocycles. The zero-order valence-corrected chi connectivity index (χ0v) is 15.2. The van der Waals surface area contributed by atoms with Crippen LogP contribution < -0.4 is 10.0 Å². The van der Waals surface area contributed by atoms with Crippen molar-refractivity contribution in [1.82, 2.24) is 10.0 Å². The van der Waals surface area contributed by atoms with Crippen LogP contribution in [-0.4, -0.2) is 27.4 Å². The topological polar surface area (TPSA) is 75.3 Å². The van der Waals surface area contributed by atoms with Gasteiger partial charge in [-0.05, 0) is 57.6 Å². The molecule has 0 radical (unpaired) electrons. The van der Waals surface area contributed by atoms with Crippen LogP contribution in [0.3, 0.4) is 0 Å². The summed E-state index contributed by atoms with van der Waals surface area (Å²) in [6.45, 7) is 3.97. The van der Waals surface area contributed by atoms with Crippen molar-refractivity contribution >= 4 is 15.9 Å². The molecular weight excluding hydrogens is 324 g/mol. The number of aryl methyl sites for hydroxylation is 2. The van der Waals surface area contributed by atoms with Gasteiger partial charge in [0.05, 0.1) is 11.4 Å². The number of amides is 1.